The highest BCUT2D eigenvalue weighted by Crippen LogP contribution is 2.27. The standard InChI is InChI=1S/C18H23N5O5S3/c24-15(11-13-3-4-16(30-13)31(26,27)23-5-1-2-6-23)20-21-17(25)14-12-29-18(19-14)22-7-9-28-10-8-22/h3-4,12H,1-2,5-11H2,(H,20,24)(H,21,25). The van der Waals surface area contributed by atoms with Crippen LogP contribution in [0.25, 0.3) is 0 Å². The maximum absolute atomic E-state index is 12.6. The Morgan fingerprint density at radius 1 is 1.10 bits per heavy atom. The smallest absolute Gasteiger partial charge is 0.289 e. The van der Waals surface area contributed by atoms with Gasteiger partial charge in [0.25, 0.3) is 15.9 Å². The Morgan fingerprint density at radius 3 is 2.58 bits per heavy atom. The van der Waals surface area contributed by atoms with Crippen molar-refractivity contribution in [3.63, 3.8) is 0 Å². The fourth-order valence-corrected chi connectivity index (χ4v) is 7.19. The Hall–Kier alpha value is -2.06. The summed E-state index contributed by atoms with van der Waals surface area (Å²) < 4.78 is 32.2. The maximum Gasteiger partial charge on any atom is 0.289 e. The maximum atomic E-state index is 12.6. The second kappa shape index (κ2) is 9.61. The summed E-state index contributed by atoms with van der Waals surface area (Å²) in [5, 5.41) is 2.38. The van der Waals surface area contributed by atoms with Gasteiger partial charge >= 0.3 is 0 Å². The summed E-state index contributed by atoms with van der Waals surface area (Å²) in [4.78, 5) is 31.4. The fourth-order valence-electron chi connectivity index (χ4n) is 3.31. The number of aromatic nitrogens is 1. The lowest BCUT2D eigenvalue weighted by Gasteiger charge is -2.25. The summed E-state index contributed by atoms with van der Waals surface area (Å²) in [5.41, 5.74) is 4.94. The normalized spacial score (nSPS) is 17.6. The molecule has 4 heterocycles. The van der Waals surface area contributed by atoms with Crippen molar-refractivity contribution in [2.45, 2.75) is 23.5 Å². The Kier molecular flexibility index (Phi) is 6.86. The van der Waals surface area contributed by atoms with Gasteiger partial charge in [0.15, 0.2) is 5.13 Å². The minimum Gasteiger partial charge on any atom is -0.378 e. The molecule has 31 heavy (non-hydrogen) atoms. The van der Waals surface area contributed by atoms with Gasteiger partial charge in [-0.25, -0.2) is 13.4 Å². The van der Waals surface area contributed by atoms with Gasteiger partial charge in [-0.1, -0.05) is 0 Å². The molecule has 4 rings (SSSR count). The predicted octanol–water partition coefficient (Wildman–Crippen LogP) is 0.829. The molecule has 0 spiro atoms. The molecule has 2 amide bonds. The molecule has 2 aromatic rings. The average molecular weight is 486 g/mol. The van der Waals surface area contributed by atoms with Crippen LogP contribution in [0.4, 0.5) is 5.13 Å². The SMILES string of the molecule is O=C(Cc1ccc(S(=O)(=O)N2CCCC2)s1)NNC(=O)c1csc(N2CCOCC2)n1. The first kappa shape index (κ1) is 22.1. The molecule has 0 saturated carbocycles. The highest BCUT2D eigenvalue weighted by molar-refractivity contribution is 7.91. The van der Waals surface area contributed by atoms with Crippen molar-refractivity contribution >= 4 is 49.6 Å². The fraction of sp³-hybridized carbons (Fsp3) is 0.500. The van der Waals surface area contributed by atoms with Gasteiger partial charge in [-0.15, -0.1) is 22.7 Å². The number of nitrogens with zero attached hydrogens (tertiary/aromatic N) is 3. The van der Waals surface area contributed by atoms with Crippen LogP contribution in [0.2, 0.25) is 0 Å². The number of nitrogens with one attached hydrogen (secondary N) is 2. The Labute approximate surface area is 188 Å². The van der Waals surface area contributed by atoms with E-state index >= 15 is 0 Å². The Balaban J connectivity index is 1.28. The first-order valence-electron chi connectivity index (χ1n) is 9.90. The molecule has 2 aromatic heterocycles. The van der Waals surface area contributed by atoms with Gasteiger partial charge in [0.1, 0.15) is 9.90 Å². The second-order valence-corrected chi connectivity index (χ2v) is 11.3. The monoisotopic (exact) mass is 485 g/mol. The quantitative estimate of drug-likeness (QED) is 0.582. The van der Waals surface area contributed by atoms with Crippen LogP contribution in [-0.2, 0) is 26.0 Å². The zero-order chi connectivity index (χ0) is 21.8. The van der Waals surface area contributed by atoms with E-state index in [1.54, 1.807) is 11.4 Å². The molecule has 0 bridgehead atoms. The van der Waals surface area contributed by atoms with Crippen molar-refractivity contribution in [2.75, 3.05) is 44.3 Å². The summed E-state index contributed by atoms with van der Waals surface area (Å²) in [7, 11) is -3.49. The van der Waals surface area contributed by atoms with Crippen LogP contribution in [0.15, 0.2) is 21.7 Å². The van der Waals surface area contributed by atoms with Crippen molar-refractivity contribution < 1.29 is 22.7 Å². The van der Waals surface area contributed by atoms with Crippen LogP contribution in [0, 0.1) is 0 Å². The number of hydrogen-bond acceptors (Lipinski definition) is 9. The van der Waals surface area contributed by atoms with Crippen LogP contribution in [0.3, 0.4) is 0 Å². The number of anilines is 1. The highest BCUT2D eigenvalue weighted by Gasteiger charge is 2.28. The van der Waals surface area contributed by atoms with E-state index in [-0.39, 0.29) is 16.3 Å². The van der Waals surface area contributed by atoms with Gasteiger partial charge in [0.05, 0.1) is 19.6 Å². The number of sulfonamides is 1. The molecule has 2 aliphatic rings. The van der Waals surface area contributed by atoms with Gasteiger partial charge in [0.2, 0.25) is 5.91 Å². The van der Waals surface area contributed by atoms with E-state index in [4.69, 9.17) is 4.74 Å². The number of carbonyl (C=O) groups excluding carboxylic acids is 2. The lowest BCUT2D eigenvalue weighted by atomic mass is 10.3. The first-order valence-corrected chi connectivity index (χ1v) is 13.0. The third kappa shape index (κ3) is 5.23. The molecule has 0 aromatic carbocycles. The van der Waals surface area contributed by atoms with Gasteiger partial charge in [-0.2, -0.15) is 4.31 Å². The van der Waals surface area contributed by atoms with Gasteiger partial charge in [-0.05, 0) is 25.0 Å². The molecule has 0 aliphatic carbocycles. The molecule has 168 valence electrons. The topological polar surface area (TPSA) is 121 Å². The summed E-state index contributed by atoms with van der Waals surface area (Å²) in [6, 6.07) is 3.16. The minimum atomic E-state index is -3.49. The van der Waals surface area contributed by atoms with Crippen LogP contribution in [0.1, 0.15) is 28.2 Å². The number of carbonyl (C=O) groups is 2. The number of hydrogen-bond donors (Lipinski definition) is 2. The number of thiophene rings is 1. The molecular formula is C18H23N5O5S3. The number of rotatable bonds is 6. The molecule has 0 unspecified atom stereocenters. The van der Waals surface area contributed by atoms with Crippen LogP contribution in [-0.4, -0.2) is 68.9 Å². The average Bonchev–Trinajstić information content (AvgIpc) is 3.54. The summed E-state index contributed by atoms with van der Waals surface area (Å²) in [6.07, 6.45) is 1.70. The Bertz CT molecular complexity index is 1040. The van der Waals surface area contributed by atoms with Gasteiger partial charge in [0, 0.05) is 36.4 Å². The molecular weight excluding hydrogens is 462 g/mol. The van der Waals surface area contributed by atoms with E-state index < -0.39 is 21.8 Å². The van der Waals surface area contributed by atoms with E-state index in [0.717, 1.165) is 42.4 Å². The number of ether oxygens (including phenoxy) is 1. The zero-order valence-electron chi connectivity index (χ0n) is 16.7. The third-order valence-corrected chi connectivity index (χ3v) is 9.31. The molecule has 13 heteroatoms. The second-order valence-electron chi connectivity index (χ2n) is 7.13. The van der Waals surface area contributed by atoms with Crippen molar-refractivity contribution in [2.24, 2.45) is 0 Å². The number of morpholine rings is 1. The molecule has 2 aliphatic heterocycles. The van der Waals surface area contributed by atoms with Crippen molar-refractivity contribution in [1.82, 2.24) is 20.1 Å². The molecule has 0 atom stereocenters. The number of amides is 2. The highest BCUT2D eigenvalue weighted by atomic mass is 32.2. The molecule has 10 nitrogen and oxygen atoms in total. The third-order valence-electron chi connectivity index (χ3n) is 4.95. The van der Waals surface area contributed by atoms with Gasteiger partial charge < -0.3 is 9.64 Å². The number of thiazole rings is 1. The van der Waals surface area contributed by atoms with Crippen LogP contribution in [0.5, 0.6) is 0 Å². The molecule has 2 saturated heterocycles. The van der Waals surface area contributed by atoms with Crippen molar-refractivity contribution in [3.05, 3.63) is 28.1 Å². The molecule has 2 fully saturated rings. The van der Waals surface area contributed by atoms with Crippen molar-refractivity contribution in [1.29, 1.82) is 0 Å². The first-order chi connectivity index (χ1) is 14.9. The van der Waals surface area contributed by atoms with Crippen LogP contribution >= 0.6 is 22.7 Å². The van der Waals surface area contributed by atoms with E-state index in [9.17, 15) is 18.0 Å². The largest absolute Gasteiger partial charge is 0.378 e. The van der Waals surface area contributed by atoms with E-state index in [2.05, 4.69) is 15.8 Å². The van der Waals surface area contributed by atoms with E-state index in [1.807, 2.05) is 4.90 Å². The van der Waals surface area contributed by atoms with Crippen LogP contribution < -0.4 is 15.8 Å². The molecule has 0 radical (unpaired) electrons. The summed E-state index contributed by atoms with van der Waals surface area (Å²) >= 11 is 2.44. The predicted molar refractivity (Wildman–Crippen MR) is 117 cm³/mol. The van der Waals surface area contributed by atoms with Crippen molar-refractivity contribution in [3.8, 4) is 0 Å². The summed E-state index contributed by atoms with van der Waals surface area (Å²) in [5.74, 6) is -0.948. The lowest BCUT2D eigenvalue weighted by molar-refractivity contribution is -0.121. The molecule has 2 N–H and O–H groups in total. The number of hydrazine groups is 1. The van der Waals surface area contributed by atoms with E-state index in [1.165, 1.54) is 21.7 Å². The van der Waals surface area contributed by atoms with Gasteiger partial charge in [-0.3, -0.25) is 20.4 Å². The van der Waals surface area contributed by atoms with E-state index in [0.29, 0.717) is 31.2 Å². The lowest BCUT2D eigenvalue weighted by Crippen LogP contribution is -2.42. The zero-order valence-corrected chi connectivity index (χ0v) is 19.2. The Morgan fingerprint density at radius 2 is 1.84 bits per heavy atom. The minimum absolute atomic E-state index is 0.0312. The summed E-state index contributed by atoms with van der Waals surface area (Å²) in [6.45, 7) is 3.77.